The fourth-order valence-electron chi connectivity index (χ4n) is 2.81. The molecule has 0 saturated carbocycles. The molecular formula is C16H16N4O. The molecule has 2 aromatic heterocycles. The van der Waals surface area contributed by atoms with Crippen molar-refractivity contribution in [3.8, 4) is 6.07 Å². The molecule has 0 fully saturated rings. The highest BCUT2D eigenvalue weighted by atomic mass is 16.1. The number of rotatable bonds is 2. The van der Waals surface area contributed by atoms with E-state index in [1.54, 1.807) is 11.4 Å². The van der Waals surface area contributed by atoms with Crippen molar-refractivity contribution in [1.29, 1.82) is 5.26 Å². The number of fused-ring (bicyclic) bond motifs is 1. The maximum Gasteiger partial charge on any atom is 0.201 e. The Balaban J connectivity index is 2.25. The van der Waals surface area contributed by atoms with Gasteiger partial charge in [-0.1, -0.05) is 31.2 Å². The third-order valence-corrected chi connectivity index (χ3v) is 4.24. The molecule has 3 rings (SSSR count). The van der Waals surface area contributed by atoms with E-state index in [9.17, 15) is 4.79 Å². The number of H-pyrrole nitrogens is 1. The number of allylic oxidation sites excluding steroid dienone is 4. The molecule has 0 aliphatic heterocycles. The van der Waals surface area contributed by atoms with E-state index in [0.29, 0.717) is 11.3 Å². The van der Waals surface area contributed by atoms with Crippen molar-refractivity contribution in [2.75, 3.05) is 0 Å². The van der Waals surface area contributed by atoms with Crippen LogP contribution in [0.4, 0.5) is 0 Å². The Bertz CT molecular complexity index is 863. The Hall–Kier alpha value is -2.61. The molecule has 1 unspecified atom stereocenters. The van der Waals surface area contributed by atoms with E-state index < -0.39 is 0 Å². The summed E-state index contributed by atoms with van der Waals surface area (Å²) in [5.74, 6) is 0.822. The number of aromatic amines is 1. The molecule has 0 saturated heterocycles. The number of nitrogens with zero attached hydrogens (tertiary/aromatic N) is 3. The summed E-state index contributed by atoms with van der Waals surface area (Å²) >= 11 is 0. The van der Waals surface area contributed by atoms with Gasteiger partial charge in [-0.15, -0.1) is 0 Å². The quantitative estimate of drug-likeness (QED) is 0.917. The van der Waals surface area contributed by atoms with Gasteiger partial charge in [0.05, 0.1) is 11.1 Å². The SMILES string of the molecule is CCC1(c2nc3cc(=O)c(C#N)c(C)n3[nH]2)C=CC=CC1. The monoisotopic (exact) mass is 280 g/mol. The largest absolute Gasteiger partial charge is 0.288 e. The Morgan fingerprint density at radius 1 is 1.52 bits per heavy atom. The Labute approximate surface area is 122 Å². The summed E-state index contributed by atoms with van der Waals surface area (Å²) in [6, 6.07) is 3.38. The van der Waals surface area contributed by atoms with E-state index >= 15 is 0 Å². The number of pyridine rings is 1. The van der Waals surface area contributed by atoms with Crippen LogP contribution in [0.15, 0.2) is 35.2 Å². The minimum absolute atomic E-state index is 0.160. The molecule has 5 heteroatoms. The van der Waals surface area contributed by atoms with Crippen molar-refractivity contribution in [2.24, 2.45) is 0 Å². The topological polar surface area (TPSA) is 73.9 Å². The fourth-order valence-corrected chi connectivity index (χ4v) is 2.81. The lowest BCUT2D eigenvalue weighted by Gasteiger charge is -2.27. The maximum atomic E-state index is 11.9. The van der Waals surface area contributed by atoms with E-state index in [-0.39, 0.29) is 16.4 Å². The van der Waals surface area contributed by atoms with Crippen LogP contribution in [0.3, 0.4) is 0 Å². The molecule has 106 valence electrons. The normalized spacial score (nSPS) is 20.8. The van der Waals surface area contributed by atoms with Crippen LogP contribution in [0.1, 0.15) is 36.8 Å². The molecule has 5 nitrogen and oxygen atoms in total. The summed E-state index contributed by atoms with van der Waals surface area (Å²) in [4.78, 5) is 16.5. The van der Waals surface area contributed by atoms with E-state index in [1.165, 1.54) is 6.07 Å². The molecule has 2 heterocycles. The molecule has 1 N–H and O–H groups in total. The minimum atomic E-state index is -0.280. The lowest BCUT2D eigenvalue weighted by atomic mass is 9.78. The molecule has 1 aliphatic rings. The zero-order valence-corrected chi connectivity index (χ0v) is 12.1. The van der Waals surface area contributed by atoms with Crippen molar-refractivity contribution in [3.05, 3.63) is 57.7 Å². The number of hydrogen-bond donors (Lipinski definition) is 1. The van der Waals surface area contributed by atoms with E-state index in [0.717, 1.165) is 18.7 Å². The fraction of sp³-hybridized carbons (Fsp3) is 0.312. The second-order valence-corrected chi connectivity index (χ2v) is 5.35. The molecule has 2 aromatic rings. The first-order valence-electron chi connectivity index (χ1n) is 6.98. The summed E-state index contributed by atoms with van der Waals surface area (Å²) in [6.45, 7) is 3.87. The molecule has 0 aromatic carbocycles. The molecule has 0 amide bonds. The number of nitriles is 1. The zero-order valence-electron chi connectivity index (χ0n) is 12.1. The first kappa shape index (κ1) is 13.4. The molecule has 1 aliphatic carbocycles. The van der Waals surface area contributed by atoms with Crippen LogP contribution < -0.4 is 5.43 Å². The van der Waals surface area contributed by atoms with Crippen molar-refractivity contribution in [2.45, 2.75) is 32.1 Å². The van der Waals surface area contributed by atoms with Crippen molar-refractivity contribution in [3.63, 3.8) is 0 Å². The highest BCUT2D eigenvalue weighted by molar-refractivity contribution is 5.47. The van der Waals surface area contributed by atoms with Gasteiger partial charge in [-0.2, -0.15) is 5.26 Å². The standard InChI is InChI=1S/C16H16N4O/c1-3-16(7-5-4-6-8-16)15-18-14-9-13(21)12(10-17)11(2)20(14)19-15/h4-7,9H,3,8H2,1-2H3,(H,18,19). The third-order valence-electron chi connectivity index (χ3n) is 4.24. The zero-order chi connectivity index (χ0) is 15.0. The molecule has 0 spiro atoms. The van der Waals surface area contributed by atoms with Crippen molar-refractivity contribution in [1.82, 2.24) is 14.6 Å². The van der Waals surface area contributed by atoms with E-state index in [2.05, 4.69) is 29.2 Å². The minimum Gasteiger partial charge on any atom is -0.288 e. The van der Waals surface area contributed by atoms with Crippen LogP contribution in [0.5, 0.6) is 0 Å². The Kier molecular flexibility index (Phi) is 3.02. The summed E-state index contributed by atoms with van der Waals surface area (Å²) in [5, 5.41) is 12.4. The van der Waals surface area contributed by atoms with Crippen LogP contribution in [-0.4, -0.2) is 14.6 Å². The first-order valence-corrected chi connectivity index (χ1v) is 6.98. The highest BCUT2D eigenvalue weighted by Gasteiger charge is 2.31. The summed E-state index contributed by atoms with van der Waals surface area (Å²) in [5.41, 5.74) is 0.857. The predicted molar refractivity (Wildman–Crippen MR) is 80.1 cm³/mol. The predicted octanol–water partition coefficient (Wildman–Crippen LogP) is 2.37. The van der Waals surface area contributed by atoms with Crippen LogP contribution >= 0.6 is 0 Å². The second-order valence-electron chi connectivity index (χ2n) is 5.35. The molecule has 21 heavy (non-hydrogen) atoms. The van der Waals surface area contributed by atoms with Crippen LogP contribution in [-0.2, 0) is 5.41 Å². The average Bonchev–Trinajstić information content (AvgIpc) is 2.93. The van der Waals surface area contributed by atoms with Gasteiger partial charge in [0.25, 0.3) is 0 Å². The summed E-state index contributed by atoms with van der Waals surface area (Å²) in [7, 11) is 0. The Morgan fingerprint density at radius 2 is 2.33 bits per heavy atom. The van der Waals surface area contributed by atoms with Gasteiger partial charge in [-0.3, -0.25) is 9.89 Å². The molecule has 0 bridgehead atoms. The highest BCUT2D eigenvalue weighted by Crippen LogP contribution is 2.34. The van der Waals surface area contributed by atoms with Gasteiger partial charge in [0.1, 0.15) is 17.5 Å². The third kappa shape index (κ3) is 1.91. The molecule has 0 radical (unpaired) electrons. The number of nitrogens with one attached hydrogen (secondary N) is 1. The Morgan fingerprint density at radius 3 is 2.95 bits per heavy atom. The van der Waals surface area contributed by atoms with Crippen molar-refractivity contribution < 1.29 is 0 Å². The van der Waals surface area contributed by atoms with Gasteiger partial charge < -0.3 is 0 Å². The summed E-state index contributed by atoms with van der Waals surface area (Å²) in [6.07, 6.45) is 10.1. The van der Waals surface area contributed by atoms with Gasteiger partial charge in [-0.25, -0.2) is 9.50 Å². The van der Waals surface area contributed by atoms with Gasteiger partial charge in [-0.05, 0) is 19.8 Å². The lowest BCUT2D eigenvalue weighted by Crippen LogP contribution is -2.25. The summed E-state index contributed by atoms with van der Waals surface area (Å²) < 4.78 is 1.72. The molecular weight excluding hydrogens is 264 g/mol. The van der Waals surface area contributed by atoms with Gasteiger partial charge in [0, 0.05) is 6.07 Å². The number of aromatic nitrogens is 3. The smallest absolute Gasteiger partial charge is 0.201 e. The van der Waals surface area contributed by atoms with Crippen LogP contribution in [0.25, 0.3) is 5.65 Å². The second kappa shape index (κ2) is 4.74. The number of hydrogen-bond acceptors (Lipinski definition) is 3. The lowest BCUT2D eigenvalue weighted by molar-refractivity contribution is 0.485. The average molecular weight is 280 g/mol. The van der Waals surface area contributed by atoms with E-state index in [1.807, 2.05) is 18.2 Å². The van der Waals surface area contributed by atoms with Gasteiger partial charge >= 0.3 is 0 Å². The number of aryl methyl sites for hydroxylation is 1. The van der Waals surface area contributed by atoms with Crippen LogP contribution in [0, 0.1) is 18.3 Å². The van der Waals surface area contributed by atoms with Gasteiger partial charge in [0.15, 0.2) is 5.65 Å². The first-order chi connectivity index (χ1) is 10.1. The van der Waals surface area contributed by atoms with Crippen molar-refractivity contribution >= 4 is 5.65 Å². The van der Waals surface area contributed by atoms with E-state index in [4.69, 9.17) is 5.26 Å². The maximum absolute atomic E-state index is 11.9. The van der Waals surface area contributed by atoms with Gasteiger partial charge in [0.2, 0.25) is 5.43 Å². The van der Waals surface area contributed by atoms with Crippen LogP contribution in [0.2, 0.25) is 0 Å². The molecule has 1 atom stereocenters.